The van der Waals surface area contributed by atoms with E-state index in [0.717, 1.165) is 48.2 Å². The van der Waals surface area contributed by atoms with Gasteiger partial charge in [-0.25, -0.2) is 14.0 Å². The summed E-state index contributed by atoms with van der Waals surface area (Å²) in [6.07, 6.45) is 2.23. The number of carbonyl (C=O) groups excluding carboxylic acids is 1. The van der Waals surface area contributed by atoms with Crippen LogP contribution in [0.5, 0.6) is 0 Å². The number of hydrogen-bond acceptors (Lipinski definition) is 3. The molecule has 1 saturated heterocycles. The van der Waals surface area contributed by atoms with Gasteiger partial charge in [-0.05, 0) is 59.9 Å². The highest BCUT2D eigenvalue weighted by atomic mass is 19.1. The minimum atomic E-state index is -0.996. The van der Waals surface area contributed by atoms with Crippen molar-refractivity contribution in [3.05, 3.63) is 107 Å². The van der Waals surface area contributed by atoms with Crippen LogP contribution in [-0.2, 0) is 12.1 Å². The molecule has 1 heterocycles. The molecule has 2 aliphatic rings. The smallest absolute Gasteiger partial charge is 0.407 e. The molecule has 3 aromatic rings. The van der Waals surface area contributed by atoms with Crippen molar-refractivity contribution in [2.45, 2.75) is 37.3 Å². The Morgan fingerprint density at radius 2 is 1.51 bits per heavy atom. The molecule has 41 heavy (non-hydrogen) atoms. The zero-order valence-corrected chi connectivity index (χ0v) is 24.2. The molecule has 7 nitrogen and oxygen atoms in total. The van der Waals surface area contributed by atoms with Gasteiger partial charge in [0.05, 0.1) is 5.54 Å². The van der Waals surface area contributed by atoms with E-state index in [0.29, 0.717) is 0 Å². The number of nitrogens with one attached hydrogen (secondary N) is 1. The highest BCUT2D eigenvalue weighted by Crippen LogP contribution is 2.48. The lowest BCUT2D eigenvalue weighted by molar-refractivity contribution is 0.126. The van der Waals surface area contributed by atoms with Gasteiger partial charge in [0.15, 0.2) is 0 Å². The number of likely N-dealkylation sites (tertiary alicyclic amines) is 1. The summed E-state index contributed by atoms with van der Waals surface area (Å²) in [5, 5.41) is 11.9. The summed E-state index contributed by atoms with van der Waals surface area (Å²) in [4.78, 5) is 28.2. The van der Waals surface area contributed by atoms with Gasteiger partial charge < -0.3 is 25.1 Å². The van der Waals surface area contributed by atoms with Crippen molar-refractivity contribution < 1.29 is 19.1 Å². The zero-order chi connectivity index (χ0) is 29.4. The molecule has 3 amide bonds. The van der Waals surface area contributed by atoms with E-state index in [1.54, 1.807) is 31.1 Å². The summed E-state index contributed by atoms with van der Waals surface area (Å²) >= 11 is 0. The quantitative estimate of drug-likeness (QED) is 0.372. The van der Waals surface area contributed by atoms with Crippen LogP contribution in [0, 0.1) is 11.7 Å². The number of piperidine rings is 1. The molecule has 2 atom stereocenters. The number of urea groups is 1. The zero-order valence-electron chi connectivity index (χ0n) is 24.2. The van der Waals surface area contributed by atoms with Crippen LogP contribution in [0.3, 0.4) is 0 Å². The summed E-state index contributed by atoms with van der Waals surface area (Å²) in [5.74, 6) is 1.19. The third-order valence-electron chi connectivity index (χ3n) is 8.09. The van der Waals surface area contributed by atoms with Gasteiger partial charge in [-0.15, -0.1) is 0 Å². The number of benzene rings is 3. The lowest BCUT2D eigenvalue weighted by Gasteiger charge is -2.43. The summed E-state index contributed by atoms with van der Waals surface area (Å²) in [6.45, 7) is 3.50. The normalized spacial score (nSPS) is 19.3. The molecule has 5 rings (SSSR count). The van der Waals surface area contributed by atoms with Gasteiger partial charge in [-0.1, -0.05) is 72.8 Å². The minimum Gasteiger partial charge on any atom is -0.465 e. The van der Waals surface area contributed by atoms with Crippen molar-refractivity contribution in [1.82, 2.24) is 20.0 Å². The molecule has 0 aromatic heterocycles. The molecular formula is C33H41FN4O3. The predicted octanol–water partition coefficient (Wildman–Crippen LogP) is 5.99. The van der Waals surface area contributed by atoms with Crippen LogP contribution < -0.4 is 5.32 Å². The number of halogens is 1. The van der Waals surface area contributed by atoms with E-state index in [2.05, 4.69) is 64.8 Å². The Morgan fingerprint density at radius 1 is 0.927 bits per heavy atom. The van der Waals surface area contributed by atoms with Crippen molar-refractivity contribution >= 4 is 12.1 Å². The summed E-state index contributed by atoms with van der Waals surface area (Å²) in [5.41, 5.74) is 3.22. The van der Waals surface area contributed by atoms with E-state index in [4.69, 9.17) is 5.11 Å². The van der Waals surface area contributed by atoms with E-state index in [1.165, 1.54) is 43.3 Å². The minimum absolute atomic E-state index is 0.0105. The number of rotatable bonds is 7. The van der Waals surface area contributed by atoms with E-state index in [-0.39, 0.29) is 23.9 Å². The fraction of sp³-hybridized carbons (Fsp3) is 0.394. The van der Waals surface area contributed by atoms with Crippen molar-refractivity contribution in [2.24, 2.45) is 5.92 Å². The van der Waals surface area contributed by atoms with Crippen LogP contribution in [-0.4, -0.2) is 72.7 Å². The van der Waals surface area contributed by atoms with Crippen LogP contribution in [0.2, 0.25) is 0 Å². The van der Waals surface area contributed by atoms with Gasteiger partial charge in [0.25, 0.3) is 0 Å². The largest absolute Gasteiger partial charge is 0.465 e. The molecule has 0 bridgehead atoms. The van der Waals surface area contributed by atoms with E-state index in [1.807, 2.05) is 6.07 Å². The van der Waals surface area contributed by atoms with E-state index >= 15 is 0 Å². The van der Waals surface area contributed by atoms with Crippen molar-refractivity contribution in [2.75, 3.05) is 40.8 Å². The first-order valence-corrected chi connectivity index (χ1v) is 14.2. The number of nitrogens with zero attached hydrogens (tertiary/aromatic N) is 3. The predicted molar refractivity (Wildman–Crippen MR) is 159 cm³/mol. The number of carboxylic acid groups (broad SMARTS) is 1. The lowest BCUT2D eigenvalue weighted by atomic mass is 9.80. The third kappa shape index (κ3) is 8.30. The Bertz CT molecular complexity index is 1260. The second kappa shape index (κ2) is 13.6. The summed E-state index contributed by atoms with van der Waals surface area (Å²) in [6, 6.07) is 27.1. The number of carbonyl (C=O) groups is 2. The van der Waals surface area contributed by atoms with E-state index < -0.39 is 6.09 Å². The first-order valence-electron chi connectivity index (χ1n) is 14.2. The molecular weight excluding hydrogens is 519 g/mol. The van der Waals surface area contributed by atoms with E-state index in [9.17, 15) is 14.0 Å². The Hall–Kier alpha value is -3.91. The average molecular weight is 561 g/mol. The highest BCUT2D eigenvalue weighted by molar-refractivity contribution is 5.74. The maximum atomic E-state index is 12.5. The van der Waals surface area contributed by atoms with Gasteiger partial charge in [-0.2, -0.15) is 0 Å². The monoisotopic (exact) mass is 560 g/mol. The number of amides is 3. The molecule has 0 unspecified atom stereocenters. The van der Waals surface area contributed by atoms with Crippen LogP contribution in [0.25, 0.3) is 0 Å². The maximum absolute atomic E-state index is 12.5. The second-order valence-electron chi connectivity index (χ2n) is 11.4. The van der Waals surface area contributed by atoms with Crippen LogP contribution in [0.1, 0.15) is 41.9 Å². The van der Waals surface area contributed by atoms with Gasteiger partial charge >= 0.3 is 12.1 Å². The highest BCUT2D eigenvalue weighted by Gasteiger charge is 2.42. The average Bonchev–Trinajstić information content (AvgIpc) is 3.75. The Morgan fingerprint density at radius 3 is 2.07 bits per heavy atom. The first-order chi connectivity index (χ1) is 19.7. The van der Waals surface area contributed by atoms with Crippen LogP contribution >= 0.6 is 0 Å². The molecule has 1 saturated carbocycles. The number of hydrogen-bond donors (Lipinski definition) is 2. The Labute approximate surface area is 242 Å². The molecule has 0 spiro atoms. The summed E-state index contributed by atoms with van der Waals surface area (Å²) in [7, 11) is 5.08. The van der Waals surface area contributed by atoms with Gasteiger partial charge in [0, 0.05) is 47.3 Å². The molecule has 2 N–H and O–H groups in total. The van der Waals surface area contributed by atoms with Gasteiger partial charge in [0.1, 0.15) is 5.82 Å². The van der Waals surface area contributed by atoms with Crippen molar-refractivity contribution in [3.8, 4) is 0 Å². The van der Waals surface area contributed by atoms with Crippen molar-refractivity contribution in [1.29, 1.82) is 0 Å². The molecule has 1 aliphatic heterocycles. The molecule has 218 valence electrons. The van der Waals surface area contributed by atoms with Gasteiger partial charge in [0.2, 0.25) is 0 Å². The maximum Gasteiger partial charge on any atom is 0.407 e. The molecule has 8 heteroatoms. The second-order valence-corrected chi connectivity index (χ2v) is 11.4. The molecule has 3 aromatic carbocycles. The third-order valence-corrected chi connectivity index (χ3v) is 8.09. The standard InChI is InChI=1S/C24H31N3O.C9H10FNO2/c1-26(2)23(28)25-24(21-11-7-4-8-12-21)13-15-27(16-14-24)18-20-17-22(20)19-9-5-3-6-10-19;1-11(9(12)13)6-7-2-4-8(10)5-3-7/h3-12,20,22H,13-18H2,1-2H3,(H,25,28);2-5H,6H2,1H3,(H,12,13)/t20-,22+;/m0./s1. The molecule has 0 radical (unpaired) electrons. The van der Waals surface area contributed by atoms with Crippen LogP contribution in [0.4, 0.5) is 14.0 Å². The summed E-state index contributed by atoms with van der Waals surface area (Å²) < 4.78 is 12.5. The molecule has 2 fully saturated rings. The SMILES string of the molecule is CN(C)C(=O)NC1(c2ccccc2)CCN(C[C@@H]2C[C@@H]2c2ccccc2)CC1.CN(Cc1ccc(F)cc1)C(=O)O. The topological polar surface area (TPSA) is 76.1 Å². The lowest BCUT2D eigenvalue weighted by Crippen LogP contribution is -2.55. The fourth-order valence-electron chi connectivity index (χ4n) is 5.50. The Balaban J connectivity index is 0.000000251. The van der Waals surface area contributed by atoms with Gasteiger partial charge in [-0.3, -0.25) is 0 Å². The van der Waals surface area contributed by atoms with Crippen molar-refractivity contribution in [3.63, 3.8) is 0 Å². The molecule has 1 aliphatic carbocycles. The first kappa shape index (κ1) is 30.1. The van der Waals surface area contributed by atoms with Crippen LogP contribution in [0.15, 0.2) is 84.9 Å². The fourth-order valence-corrected chi connectivity index (χ4v) is 5.50. The Kier molecular flexibility index (Phi) is 10.00.